The SMILES string of the molecule is Cl.O=C(NCCCN1CCNCC1)c1c(F)cccc1I. The zero-order chi connectivity index (χ0) is 14.4. The maximum absolute atomic E-state index is 13.6. The van der Waals surface area contributed by atoms with Crippen molar-refractivity contribution >= 4 is 40.9 Å². The zero-order valence-electron chi connectivity index (χ0n) is 11.7. The van der Waals surface area contributed by atoms with Crippen molar-refractivity contribution < 1.29 is 9.18 Å². The Labute approximate surface area is 144 Å². The van der Waals surface area contributed by atoms with Gasteiger partial charge < -0.3 is 15.5 Å². The minimum atomic E-state index is -0.462. The summed E-state index contributed by atoms with van der Waals surface area (Å²) in [5, 5.41) is 6.10. The number of amides is 1. The summed E-state index contributed by atoms with van der Waals surface area (Å²) in [4.78, 5) is 14.3. The third-order valence-electron chi connectivity index (χ3n) is 3.34. The molecule has 1 aliphatic heterocycles. The highest BCUT2D eigenvalue weighted by atomic mass is 127. The lowest BCUT2D eigenvalue weighted by Gasteiger charge is -2.27. The number of benzene rings is 1. The molecule has 2 rings (SSSR count). The van der Waals surface area contributed by atoms with E-state index in [-0.39, 0.29) is 23.9 Å². The Bertz CT molecular complexity index is 449. The number of carbonyl (C=O) groups is 1. The maximum Gasteiger partial charge on any atom is 0.255 e. The zero-order valence-corrected chi connectivity index (χ0v) is 14.7. The van der Waals surface area contributed by atoms with Crippen LogP contribution in [-0.4, -0.2) is 50.1 Å². The molecular formula is C14H20ClFIN3O. The Kier molecular flexibility index (Phi) is 8.46. The van der Waals surface area contributed by atoms with Crippen LogP contribution in [0.2, 0.25) is 0 Å². The number of halogens is 3. The van der Waals surface area contributed by atoms with Gasteiger partial charge in [-0.15, -0.1) is 12.4 Å². The molecule has 1 aromatic carbocycles. The van der Waals surface area contributed by atoms with Gasteiger partial charge in [-0.1, -0.05) is 6.07 Å². The summed E-state index contributed by atoms with van der Waals surface area (Å²) < 4.78 is 14.3. The van der Waals surface area contributed by atoms with Gasteiger partial charge in [-0.05, 0) is 47.7 Å². The van der Waals surface area contributed by atoms with Crippen molar-refractivity contribution in [3.63, 3.8) is 0 Å². The van der Waals surface area contributed by atoms with E-state index in [0.717, 1.165) is 39.1 Å². The first-order valence-corrected chi connectivity index (χ1v) is 7.91. The lowest BCUT2D eigenvalue weighted by atomic mass is 10.2. The van der Waals surface area contributed by atoms with Gasteiger partial charge in [0.1, 0.15) is 5.82 Å². The highest BCUT2D eigenvalue weighted by Crippen LogP contribution is 2.15. The Balaban J connectivity index is 0.00000220. The van der Waals surface area contributed by atoms with Crippen molar-refractivity contribution in [2.45, 2.75) is 6.42 Å². The van der Waals surface area contributed by atoms with Crippen LogP contribution >= 0.6 is 35.0 Å². The van der Waals surface area contributed by atoms with Gasteiger partial charge in [-0.25, -0.2) is 4.39 Å². The van der Waals surface area contributed by atoms with Gasteiger partial charge in [0.15, 0.2) is 0 Å². The number of hydrogen-bond donors (Lipinski definition) is 2. The fraction of sp³-hybridized carbons (Fsp3) is 0.500. The van der Waals surface area contributed by atoms with Crippen molar-refractivity contribution in [2.75, 3.05) is 39.3 Å². The van der Waals surface area contributed by atoms with E-state index in [9.17, 15) is 9.18 Å². The Morgan fingerprint density at radius 1 is 1.38 bits per heavy atom. The van der Waals surface area contributed by atoms with Crippen LogP contribution in [0, 0.1) is 9.39 Å². The number of hydrogen-bond acceptors (Lipinski definition) is 3. The topological polar surface area (TPSA) is 44.4 Å². The summed E-state index contributed by atoms with van der Waals surface area (Å²) in [6.45, 7) is 5.71. The average molecular weight is 428 g/mol. The second-order valence-corrected chi connectivity index (χ2v) is 5.96. The smallest absolute Gasteiger partial charge is 0.255 e. The molecule has 21 heavy (non-hydrogen) atoms. The fourth-order valence-corrected chi connectivity index (χ4v) is 2.95. The molecule has 0 spiro atoms. The largest absolute Gasteiger partial charge is 0.352 e. The van der Waals surface area contributed by atoms with Gasteiger partial charge in [0.25, 0.3) is 5.91 Å². The van der Waals surface area contributed by atoms with Crippen LogP contribution < -0.4 is 10.6 Å². The molecule has 4 nitrogen and oxygen atoms in total. The second kappa shape index (κ2) is 9.55. The van der Waals surface area contributed by atoms with E-state index >= 15 is 0 Å². The standard InChI is InChI=1S/C14H19FIN3O.ClH/c15-11-3-1-4-12(16)13(11)14(20)18-5-2-8-19-9-6-17-7-10-19;/h1,3-4,17H,2,5-10H2,(H,18,20);1H. The van der Waals surface area contributed by atoms with Crippen LogP contribution in [0.5, 0.6) is 0 Å². The summed E-state index contributed by atoms with van der Waals surface area (Å²) in [6.07, 6.45) is 0.886. The van der Waals surface area contributed by atoms with Crippen LogP contribution in [0.3, 0.4) is 0 Å². The molecule has 0 atom stereocenters. The Hall–Kier alpha value is -0.440. The maximum atomic E-state index is 13.6. The molecule has 0 aromatic heterocycles. The van der Waals surface area contributed by atoms with Gasteiger partial charge in [0.05, 0.1) is 5.56 Å². The predicted octanol–water partition coefficient (Wildman–Crippen LogP) is 1.88. The van der Waals surface area contributed by atoms with E-state index in [1.807, 2.05) is 22.6 Å². The molecule has 0 radical (unpaired) electrons. The second-order valence-electron chi connectivity index (χ2n) is 4.80. The van der Waals surface area contributed by atoms with Gasteiger partial charge in [0, 0.05) is 36.3 Å². The molecule has 118 valence electrons. The first-order chi connectivity index (χ1) is 9.68. The molecule has 2 N–H and O–H groups in total. The normalized spacial score (nSPS) is 15.3. The monoisotopic (exact) mass is 427 g/mol. The van der Waals surface area contributed by atoms with E-state index < -0.39 is 5.82 Å². The number of nitrogens with one attached hydrogen (secondary N) is 2. The number of piperazine rings is 1. The first-order valence-electron chi connectivity index (χ1n) is 6.84. The molecule has 0 bridgehead atoms. The third kappa shape index (κ3) is 5.69. The van der Waals surface area contributed by atoms with E-state index in [1.54, 1.807) is 12.1 Å². The van der Waals surface area contributed by atoms with Crippen LogP contribution in [0.1, 0.15) is 16.8 Å². The van der Waals surface area contributed by atoms with Gasteiger partial charge in [-0.2, -0.15) is 0 Å². The molecule has 1 saturated heterocycles. The first kappa shape index (κ1) is 18.6. The van der Waals surface area contributed by atoms with Crippen molar-refractivity contribution in [3.05, 3.63) is 33.1 Å². The number of carbonyl (C=O) groups excluding carboxylic acids is 1. The van der Waals surface area contributed by atoms with Crippen molar-refractivity contribution in [1.82, 2.24) is 15.5 Å². The fourth-order valence-electron chi connectivity index (χ4n) is 2.24. The molecule has 1 heterocycles. The quantitative estimate of drug-likeness (QED) is 0.557. The van der Waals surface area contributed by atoms with E-state index in [0.29, 0.717) is 10.1 Å². The van der Waals surface area contributed by atoms with Crippen LogP contribution in [0.25, 0.3) is 0 Å². The third-order valence-corrected chi connectivity index (χ3v) is 4.24. The van der Waals surface area contributed by atoms with Crippen LogP contribution in [0.4, 0.5) is 4.39 Å². The Morgan fingerprint density at radius 3 is 2.76 bits per heavy atom. The lowest BCUT2D eigenvalue weighted by Crippen LogP contribution is -2.44. The molecule has 7 heteroatoms. The molecular weight excluding hydrogens is 408 g/mol. The molecule has 1 amide bonds. The minimum absolute atomic E-state index is 0. The van der Waals surface area contributed by atoms with E-state index in [2.05, 4.69) is 15.5 Å². The molecule has 0 saturated carbocycles. The summed E-state index contributed by atoms with van der Waals surface area (Å²) >= 11 is 1.98. The average Bonchev–Trinajstić information content (AvgIpc) is 2.44. The molecule has 0 aliphatic carbocycles. The van der Waals surface area contributed by atoms with Crippen LogP contribution in [0.15, 0.2) is 18.2 Å². The van der Waals surface area contributed by atoms with Crippen molar-refractivity contribution in [3.8, 4) is 0 Å². The lowest BCUT2D eigenvalue weighted by molar-refractivity contribution is 0.0946. The highest BCUT2D eigenvalue weighted by Gasteiger charge is 2.15. The highest BCUT2D eigenvalue weighted by molar-refractivity contribution is 14.1. The summed E-state index contributed by atoms with van der Waals surface area (Å²) in [6, 6.07) is 4.66. The number of rotatable bonds is 5. The van der Waals surface area contributed by atoms with Gasteiger partial charge in [-0.3, -0.25) is 4.79 Å². The molecule has 0 unspecified atom stereocenters. The van der Waals surface area contributed by atoms with Crippen LogP contribution in [-0.2, 0) is 0 Å². The molecule has 1 fully saturated rings. The summed E-state index contributed by atoms with van der Waals surface area (Å²) in [7, 11) is 0. The summed E-state index contributed by atoms with van der Waals surface area (Å²) in [5.41, 5.74) is 0.148. The molecule has 1 aromatic rings. The van der Waals surface area contributed by atoms with Gasteiger partial charge in [0.2, 0.25) is 0 Å². The minimum Gasteiger partial charge on any atom is -0.352 e. The van der Waals surface area contributed by atoms with Crippen molar-refractivity contribution in [1.29, 1.82) is 0 Å². The Morgan fingerprint density at radius 2 is 2.10 bits per heavy atom. The van der Waals surface area contributed by atoms with E-state index in [4.69, 9.17) is 0 Å². The van der Waals surface area contributed by atoms with Crippen molar-refractivity contribution in [2.24, 2.45) is 0 Å². The summed E-state index contributed by atoms with van der Waals surface area (Å²) in [5.74, 6) is -0.788. The van der Waals surface area contributed by atoms with Gasteiger partial charge >= 0.3 is 0 Å². The predicted molar refractivity (Wildman–Crippen MR) is 92.6 cm³/mol. The van der Waals surface area contributed by atoms with E-state index in [1.165, 1.54) is 6.07 Å². The molecule has 1 aliphatic rings. The number of nitrogens with zero attached hydrogens (tertiary/aromatic N) is 1.